The van der Waals surface area contributed by atoms with E-state index in [4.69, 9.17) is 9.84 Å². The van der Waals surface area contributed by atoms with E-state index < -0.39 is 11.9 Å². The Labute approximate surface area is 183 Å². The molecule has 0 fully saturated rings. The van der Waals surface area contributed by atoms with Crippen LogP contribution in [0.2, 0.25) is 0 Å². The highest BCUT2D eigenvalue weighted by molar-refractivity contribution is 5.98. The molecule has 0 bridgehead atoms. The topological polar surface area (TPSA) is 117 Å². The van der Waals surface area contributed by atoms with Crippen molar-refractivity contribution >= 4 is 22.7 Å². The minimum atomic E-state index is -1.03. The third-order valence-electron chi connectivity index (χ3n) is 5.11. The number of aromatic hydroxyl groups is 2. The third-order valence-corrected chi connectivity index (χ3v) is 5.11. The lowest BCUT2D eigenvalue weighted by Crippen LogP contribution is -2.05. The zero-order valence-electron chi connectivity index (χ0n) is 16.9. The third kappa shape index (κ3) is 4.37. The van der Waals surface area contributed by atoms with Crippen LogP contribution < -0.4 is 0 Å². The number of carbonyl (C=O) groups is 2. The largest absolute Gasteiger partial charge is 0.507 e. The molecule has 7 nitrogen and oxygen atoms in total. The van der Waals surface area contributed by atoms with Gasteiger partial charge in [-0.15, -0.1) is 0 Å². The SMILES string of the molecule is O=C(O)c1ccc(Cc2c(O)cc3ccc(C(=O)OCc4cccnc4)cc3c2O)cc1. The van der Waals surface area contributed by atoms with Crippen molar-refractivity contribution in [3.63, 3.8) is 0 Å². The lowest BCUT2D eigenvalue weighted by molar-refractivity contribution is 0.0472. The van der Waals surface area contributed by atoms with Gasteiger partial charge in [-0.3, -0.25) is 4.98 Å². The van der Waals surface area contributed by atoms with Crippen LogP contribution in [0.25, 0.3) is 10.8 Å². The number of aromatic carboxylic acids is 1. The maximum absolute atomic E-state index is 12.5. The molecule has 3 aromatic carbocycles. The van der Waals surface area contributed by atoms with Gasteiger partial charge in [0.2, 0.25) is 0 Å². The Morgan fingerprint density at radius 3 is 2.34 bits per heavy atom. The number of carboxylic acid groups (broad SMARTS) is 1. The summed E-state index contributed by atoms with van der Waals surface area (Å²) in [5.74, 6) is -1.82. The number of hydrogen-bond acceptors (Lipinski definition) is 6. The fourth-order valence-corrected chi connectivity index (χ4v) is 3.39. The van der Waals surface area contributed by atoms with Crippen molar-refractivity contribution in [1.82, 2.24) is 4.98 Å². The van der Waals surface area contributed by atoms with Gasteiger partial charge in [0.05, 0.1) is 11.1 Å². The molecular weight excluding hydrogens is 410 g/mol. The quantitative estimate of drug-likeness (QED) is 0.391. The number of aromatic nitrogens is 1. The number of ether oxygens (including phenoxy) is 1. The Hall–Kier alpha value is -4.39. The van der Waals surface area contributed by atoms with Crippen LogP contribution in [0, 0.1) is 0 Å². The van der Waals surface area contributed by atoms with E-state index in [1.165, 1.54) is 24.3 Å². The van der Waals surface area contributed by atoms with Crippen LogP contribution >= 0.6 is 0 Å². The molecule has 1 aromatic heterocycles. The van der Waals surface area contributed by atoms with Crippen molar-refractivity contribution in [3.8, 4) is 11.5 Å². The fourth-order valence-electron chi connectivity index (χ4n) is 3.39. The standard InChI is InChI=1S/C25H19NO6/c27-22-12-18-7-8-19(25(31)32-14-16-2-1-9-26-13-16)11-20(18)23(28)21(22)10-15-3-5-17(6-4-15)24(29)30/h1-9,11-13,27-28H,10,14H2,(H,29,30). The number of rotatable bonds is 6. The molecule has 32 heavy (non-hydrogen) atoms. The smallest absolute Gasteiger partial charge is 0.338 e. The maximum Gasteiger partial charge on any atom is 0.338 e. The first kappa shape index (κ1) is 20.9. The van der Waals surface area contributed by atoms with E-state index >= 15 is 0 Å². The summed E-state index contributed by atoms with van der Waals surface area (Å²) in [5, 5.41) is 31.3. The number of pyridine rings is 1. The lowest BCUT2D eigenvalue weighted by atomic mass is 9.97. The number of carbonyl (C=O) groups excluding carboxylic acids is 1. The van der Waals surface area contributed by atoms with Crippen molar-refractivity contribution in [2.24, 2.45) is 0 Å². The average Bonchev–Trinajstić information content (AvgIpc) is 2.81. The van der Waals surface area contributed by atoms with E-state index in [1.54, 1.807) is 48.8 Å². The van der Waals surface area contributed by atoms with Gasteiger partial charge >= 0.3 is 11.9 Å². The number of phenols is 2. The van der Waals surface area contributed by atoms with Gasteiger partial charge in [0, 0.05) is 35.3 Å². The van der Waals surface area contributed by atoms with Gasteiger partial charge < -0.3 is 20.1 Å². The Morgan fingerprint density at radius 2 is 1.66 bits per heavy atom. The predicted molar refractivity (Wildman–Crippen MR) is 117 cm³/mol. The van der Waals surface area contributed by atoms with Gasteiger partial charge in [-0.2, -0.15) is 0 Å². The van der Waals surface area contributed by atoms with Crippen LogP contribution in [0.3, 0.4) is 0 Å². The highest BCUT2D eigenvalue weighted by Crippen LogP contribution is 2.37. The lowest BCUT2D eigenvalue weighted by Gasteiger charge is -2.12. The zero-order chi connectivity index (χ0) is 22.7. The first-order valence-electron chi connectivity index (χ1n) is 9.78. The van der Waals surface area contributed by atoms with Gasteiger partial charge in [0.1, 0.15) is 18.1 Å². The molecule has 0 aliphatic heterocycles. The first-order chi connectivity index (χ1) is 15.4. The zero-order valence-corrected chi connectivity index (χ0v) is 16.9. The molecule has 0 saturated carbocycles. The van der Waals surface area contributed by atoms with Crippen molar-refractivity contribution < 1.29 is 29.6 Å². The monoisotopic (exact) mass is 429 g/mol. The van der Waals surface area contributed by atoms with Gasteiger partial charge in [0.15, 0.2) is 0 Å². The molecule has 0 radical (unpaired) electrons. The van der Waals surface area contributed by atoms with Gasteiger partial charge in [-0.05, 0) is 47.3 Å². The summed E-state index contributed by atoms with van der Waals surface area (Å²) in [5.41, 5.74) is 2.16. The van der Waals surface area contributed by atoms with Crippen LogP contribution in [0.4, 0.5) is 0 Å². The van der Waals surface area contributed by atoms with Crippen LogP contribution in [0.5, 0.6) is 11.5 Å². The molecule has 4 rings (SSSR count). The molecule has 0 spiro atoms. The Morgan fingerprint density at radius 1 is 0.906 bits per heavy atom. The van der Waals surface area contributed by atoms with Crippen molar-refractivity contribution in [2.45, 2.75) is 13.0 Å². The van der Waals surface area contributed by atoms with Gasteiger partial charge in [0.25, 0.3) is 0 Å². The predicted octanol–water partition coefficient (Wildman–Crippen LogP) is 4.29. The van der Waals surface area contributed by atoms with Gasteiger partial charge in [-0.1, -0.05) is 24.3 Å². The number of phenolic OH excluding ortho intramolecular Hbond substituents is 2. The molecule has 0 atom stereocenters. The summed E-state index contributed by atoms with van der Waals surface area (Å²) >= 11 is 0. The van der Waals surface area contributed by atoms with Gasteiger partial charge in [-0.25, -0.2) is 9.59 Å². The number of hydrogen-bond donors (Lipinski definition) is 3. The summed E-state index contributed by atoms with van der Waals surface area (Å²) < 4.78 is 5.33. The molecule has 0 saturated heterocycles. The Kier molecular flexibility index (Phi) is 5.72. The highest BCUT2D eigenvalue weighted by atomic mass is 16.5. The van der Waals surface area contributed by atoms with Crippen LogP contribution in [0.15, 0.2) is 73.1 Å². The van der Waals surface area contributed by atoms with Crippen LogP contribution in [-0.2, 0) is 17.8 Å². The second kappa shape index (κ2) is 8.77. The highest BCUT2D eigenvalue weighted by Gasteiger charge is 2.16. The number of esters is 1. The van der Waals surface area contributed by atoms with E-state index in [2.05, 4.69) is 4.98 Å². The molecule has 7 heteroatoms. The molecule has 0 aliphatic rings. The molecule has 0 amide bonds. The summed E-state index contributed by atoms with van der Waals surface area (Å²) in [6.45, 7) is 0.0733. The van der Waals surface area contributed by atoms with E-state index in [0.29, 0.717) is 16.3 Å². The van der Waals surface area contributed by atoms with Crippen molar-refractivity contribution in [3.05, 3.63) is 101 Å². The van der Waals surface area contributed by atoms with E-state index in [-0.39, 0.29) is 41.2 Å². The minimum absolute atomic E-state index is 0.0733. The second-order valence-electron chi connectivity index (χ2n) is 7.28. The average molecular weight is 429 g/mol. The summed E-state index contributed by atoms with van der Waals surface area (Å²) in [6, 6.07) is 15.9. The Bertz CT molecular complexity index is 1300. The summed E-state index contributed by atoms with van der Waals surface area (Å²) in [6.07, 6.45) is 3.42. The van der Waals surface area contributed by atoms with E-state index in [0.717, 1.165) is 5.56 Å². The van der Waals surface area contributed by atoms with E-state index in [1.807, 2.05) is 0 Å². The van der Waals surface area contributed by atoms with E-state index in [9.17, 15) is 19.8 Å². The maximum atomic E-state index is 12.5. The number of nitrogens with zero attached hydrogens (tertiary/aromatic N) is 1. The molecule has 0 aliphatic carbocycles. The summed E-state index contributed by atoms with van der Waals surface area (Å²) in [7, 11) is 0. The van der Waals surface area contributed by atoms with Crippen LogP contribution in [0.1, 0.15) is 37.4 Å². The number of carboxylic acids is 1. The fraction of sp³-hybridized carbons (Fsp3) is 0.0800. The van der Waals surface area contributed by atoms with Crippen LogP contribution in [-0.4, -0.2) is 32.2 Å². The molecule has 0 unspecified atom stereocenters. The molecule has 4 aromatic rings. The molecule has 160 valence electrons. The van der Waals surface area contributed by atoms with Crippen molar-refractivity contribution in [2.75, 3.05) is 0 Å². The number of benzene rings is 3. The second-order valence-corrected chi connectivity index (χ2v) is 7.28. The van der Waals surface area contributed by atoms with Crippen molar-refractivity contribution in [1.29, 1.82) is 0 Å². The summed E-state index contributed by atoms with van der Waals surface area (Å²) in [4.78, 5) is 27.5. The normalized spacial score (nSPS) is 10.8. The molecular formula is C25H19NO6. The Balaban J connectivity index is 1.61. The number of fused-ring (bicyclic) bond motifs is 1. The first-order valence-corrected chi connectivity index (χ1v) is 9.78. The molecule has 3 N–H and O–H groups in total. The molecule has 1 heterocycles. The minimum Gasteiger partial charge on any atom is -0.507 e.